The maximum absolute atomic E-state index is 12.6. The summed E-state index contributed by atoms with van der Waals surface area (Å²) < 4.78 is 5.54. The number of rotatable bonds is 8. The zero-order valence-electron chi connectivity index (χ0n) is 18.0. The average Bonchev–Trinajstić information content (AvgIpc) is 3.06. The minimum Gasteiger partial charge on any atom is -0.480 e. The van der Waals surface area contributed by atoms with Crippen LogP contribution in [0.15, 0.2) is 48.5 Å². The highest BCUT2D eigenvalue weighted by Crippen LogP contribution is 2.44. The number of amides is 2. The Morgan fingerprint density at radius 2 is 1.61 bits per heavy atom. The number of hydrogen-bond donors (Lipinski definition) is 3. The molecule has 0 spiro atoms. The highest BCUT2D eigenvalue weighted by Gasteiger charge is 2.37. The summed E-state index contributed by atoms with van der Waals surface area (Å²) in [4.78, 5) is 36.3. The number of carboxylic acids is 1. The van der Waals surface area contributed by atoms with E-state index in [0.717, 1.165) is 22.3 Å². The standard InChI is InChI=1S/C24H28N2O5/c1-4-13-24(3,22(29)25-15(2)21(27)28)26-23(30)31-14-20-18-11-7-5-9-16(18)17-10-6-8-12-19(17)20/h5-12,15,20H,4,13-14H2,1-3H3,(H,25,29)(H,26,30)(H,27,28)/t15-,24?/m0/s1. The Labute approximate surface area is 181 Å². The van der Waals surface area contributed by atoms with Gasteiger partial charge in [-0.3, -0.25) is 9.59 Å². The molecule has 0 aromatic heterocycles. The molecule has 0 fully saturated rings. The zero-order valence-corrected chi connectivity index (χ0v) is 18.0. The van der Waals surface area contributed by atoms with Crippen molar-refractivity contribution in [1.29, 1.82) is 0 Å². The van der Waals surface area contributed by atoms with Gasteiger partial charge in [-0.1, -0.05) is 61.9 Å². The fraction of sp³-hybridized carbons (Fsp3) is 0.375. The van der Waals surface area contributed by atoms with Gasteiger partial charge in [0.1, 0.15) is 18.2 Å². The summed E-state index contributed by atoms with van der Waals surface area (Å²) in [5, 5.41) is 14.1. The normalized spacial score (nSPS) is 15.2. The molecule has 2 aromatic carbocycles. The molecule has 2 aromatic rings. The van der Waals surface area contributed by atoms with E-state index >= 15 is 0 Å². The van der Waals surface area contributed by atoms with Crippen LogP contribution < -0.4 is 10.6 Å². The molecule has 7 nitrogen and oxygen atoms in total. The molecule has 0 saturated heterocycles. The molecule has 3 rings (SSSR count). The van der Waals surface area contributed by atoms with E-state index in [1.54, 1.807) is 6.92 Å². The average molecular weight is 424 g/mol. The lowest BCUT2D eigenvalue weighted by molar-refractivity contribution is -0.142. The molecule has 2 amide bonds. The van der Waals surface area contributed by atoms with Crippen LogP contribution in [0, 0.1) is 0 Å². The highest BCUT2D eigenvalue weighted by atomic mass is 16.5. The van der Waals surface area contributed by atoms with Crippen molar-refractivity contribution < 1.29 is 24.2 Å². The predicted octanol–water partition coefficient (Wildman–Crippen LogP) is 3.67. The van der Waals surface area contributed by atoms with Crippen molar-refractivity contribution >= 4 is 18.0 Å². The Morgan fingerprint density at radius 3 is 2.13 bits per heavy atom. The maximum Gasteiger partial charge on any atom is 0.408 e. The van der Waals surface area contributed by atoms with E-state index < -0.39 is 29.6 Å². The Balaban J connectivity index is 1.70. The lowest BCUT2D eigenvalue weighted by Crippen LogP contribution is -2.59. The van der Waals surface area contributed by atoms with E-state index in [1.807, 2.05) is 43.3 Å². The Hall–Kier alpha value is -3.35. The monoisotopic (exact) mass is 424 g/mol. The number of fused-ring (bicyclic) bond motifs is 3. The molecule has 0 saturated carbocycles. The number of alkyl carbamates (subject to hydrolysis) is 1. The second kappa shape index (κ2) is 9.20. The third kappa shape index (κ3) is 4.71. The lowest BCUT2D eigenvalue weighted by Gasteiger charge is -2.30. The molecule has 3 N–H and O–H groups in total. The molecule has 1 aliphatic rings. The second-order valence-electron chi connectivity index (χ2n) is 8.07. The minimum atomic E-state index is -1.28. The Kier molecular flexibility index (Phi) is 6.63. The summed E-state index contributed by atoms with van der Waals surface area (Å²) in [6.45, 7) is 4.96. The minimum absolute atomic E-state index is 0.0866. The van der Waals surface area contributed by atoms with Crippen LogP contribution in [-0.2, 0) is 14.3 Å². The van der Waals surface area contributed by atoms with Crippen LogP contribution in [0.4, 0.5) is 4.79 Å². The molecular weight excluding hydrogens is 396 g/mol. The molecule has 0 aliphatic heterocycles. The fourth-order valence-electron chi connectivity index (χ4n) is 4.01. The van der Waals surface area contributed by atoms with Gasteiger partial charge in [-0.15, -0.1) is 0 Å². The van der Waals surface area contributed by atoms with Gasteiger partial charge >= 0.3 is 12.1 Å². The van der Waals surface area contributed by atoms with Gasteiger partial charge in [0.15, 0.2) is 0 Å². The lowest BCUT2D eigenvalue weighted by atomic mass is 9.94. The summed E-state index contributed by atoms with van der Waals surface area (Å²) in [5.74, 6) is -1.79. The number of benzene rings is 2. The number of carbonyl (C=O) groups is 3. The van der Waals surface area contributed by atoms with Gasteiger partial charge in [0, 0.05) is 5.92 Å². The molecule has 1 unspecified atom stereocenters. The summed E-state index contributed by atoms with van der Waals surface area (Å²) in [6.07, 6.45) is 0.251. The van der Waals surface area contributed by atoms with Crippen molar-refractivity contribution in [3.8, 4) is 11.1 Å². The van der Waals surface area contributed by atoms with Crippen LogP contribution in [0.5, 0.6) is 0 Å². The molecule has 164 valence electrons. The zero-order chi connectivity index (χ0) is 22.6. The first kappa shape index (κ1) is 22.3. The van der Waals surface area contributed by atoms with Crippen LogP contribution in [-0.4, -0.2) is 41.3 Å². The van der Waals surface area contributed by atoms with Crippen LogP contribution in [0.2, 0.25) is 0 Å². The smallest absolute Gasteiger partial charge is 0.408 e. The molecule has 1 aliphatic carbocycles. The van der Waals surface area contributed by atoms with E-state index in [1.165, 1.54) is 6.92 Å². The molecular formula is C24H28N2O5. The van der Waals surface area contributed by atoms with Gasteiger partial charge in [0.2, 0.25) is 5.91 Å². The molecule has 2 atom stereocenters. The third-order valence-electron chi connectivity index (χ3n) is 5.69. The Bertz CT molecular complexity index is 944. The van der Waals surface area contributed by atoms with Crippen LogP contribution in [0.3, 0.4) is 0 Å². The maximum atomic E-state index is 12.6. The third-order valence-corrected chi connectivity index (χ3v) is 5.69. The highest BCUT2D eigenvalue weighted by molar-refractivity contribution is 5.92. The van der Waals surface area contributed by atoms with Crippen LogP contribution in [0.1, 0.15) is 50.7 Å². The molecule has 0 heterocycles. The van der Waals surface area contributed by atoms with Crippen molar-refractivity contribution in [2.45, 2.75) is 51.1 Å². The van der Waals surface area contributed by atoms with Gasteiger partial charge in [-0.2, -0.15) is 0 Å². The van der Waals surface area contributed by atoms with E-state index in [4.69, 9.17) is 9.84 Å². The Morgan fingerprint density at radius 1 is 1.06 bits per heavy atom. The second-order valence-corrected chi connectivity index (χ2v) is 8.07. The van der Waals surface area contributed by atoms with E-state index in [2.05, 4.69) is 22.8 Å². The summed E-state index contributed by atoms with van der Waals surface area (Å²) in [7, 11) is 0. The predicted molar refractivity (Wildman–Crippen MR) is 117 cm³/mol. The van der Waals surface area contributed by atoms with Crippen LogP contribution in [0.25, 0.3) is 11.1 Å². The summed E-state index contributed by atoms with van der Waals surface area (Å²) in [6, 6.07) is 15.0. The molecule has 31 heavy (non-hydrogen) atoms. The number of carboxylic acid groups (broad SMARTS) is 1. The number of nitrogens with one attached hydrogen (secondary N) is 2. The first-order valence-electron chi connectivity index (χ1n) is 10.4. The number of carbonyl (C=O) groups excluding carboxylic acids is 2. The van der Waals surface area contributed by atoms with Gasteiger partial charge in [-0.25, -0.2) is 4.79 Å². The molecule has 0 bridgehead atoms. The number of aliphatic carboxylic acids is 1. The van der Waals surface area contributed by atoms with E-state index in [0.29, 0.717) is 12.8 Å². The first-order chi connectivity index (χ1) is 14.8. The summed E-state index contributed by atoms with van der Waals surface area (Å²) in [5.41, 5.74) is 3.18. The van der Waals surface area contributed by atoms with Crippen molar-refractivity contribution in [2.75, 3.05) is 6.61 Å². The van der Waals surface area contributed by atoms with Gasteiger partial charge in [0.25, 0.3) is 0 Å². The quantitative estimate of drug-likeness (QED) is 0.600. The molecule has 7 heteroatoms. The van der Waals surface area contributed by atoms with E-state index in [9.17, 15) is 14.4 Å². The molecule has 0 radical (unpaired) electrons. The van der Waals surface area contributed by atoms with Crippen molar-refractivity contribution in [3.05, 3.63) is 59.7 Å². The fourth-order valence-corrected chi connectivity index (χ4v) is 4.01. The SMILES string of the molecule is CCCC(C)(NC(=O)OCC1c2ccccc2-c2ccccc21)C(=O)N[C@@H](C)C(=O)O. The van der Waals surface area contributed by atoms with Crippen LogP contribution >= 0.6 is 0 Å². The van der Waals surface area contributed by atoms with Gasteiger partial charge < -0.3 is 20.5 Å². The number of ether oxygens (including phenoxy) is 1. The first-order valence-corrected chi connectivity index (χ1v) is 10.4. The largest absolute Gasteiger partial charge is 0.480 e. The topological polar surface area (TPSA) is 105 Å². The van der Waals surface area contributed by atoms with Gasteiger partial charge in [-0.05, 0) is 42.5 Å². The van der Waals surface area contributed by atoms with Crippen molar-refractivity contribution in [2.24, 2.45) is 0 Å². The number of hydrogen-bond acceptors (Lipinski definition) is 4. The summed E-state index contributed by atoms with van der Waals surface area (Å²) >= 11 is 0. The van der Waals surface area contributed by atoms with E-state index in [-0.39, 0.29) is 12.5 Å². The van der Waals surface area contributed by atoms with Crippen molar-refractivity contribution in [1.82, 2.24) is 10.6 Å². The van der Waals surface area contributed by atoms with Gasteiger partial charge in [0.05, 0.1) is 0 Å². The van der Waals surface area contributed by atoms with Crippen molar-refractivity contribution in [3.63, 3.8) is 0 Å².